The highest BCUT2D eigenvalue weighted by Gasteiger charge is 2.64. The van der Waals surface area contributed by atoms with Gasteiger partial charge in [-0.2, -0.15) is 0 Å². The number of nitrogens with zero attached hydrogens (tertiary/aromatic N) is 1. The maximum Gasteiger partial charge on any atom is 0.247 e. The number of fused-ring (bicyclic) bond motifs is 8. The largest absolute Gasteiger partial charge is 0.354 e. The van der Waals surface area contributed by atoms with Crippen LogP contribution in [0.2, 0.25) is 0 Å². The minimum atomic E-state index is -1.52. The zero-order valence-electron chi connectivity index (χ0n) is 18.1. The number of dihydropyridines is 1. The van der Waals surface area contributed by atoms with E-state index in [9.17, 15) is 14.4 Å². The average Bonchev–Trinajstić information content (AvgIpc) is 3.40. The molecule has 2 aliphatic carbocycles. The topological polar surface area (TPSA) is 66.5 Å². The van der Waals surface area contributed by atoms with Gasteiger partial charge >= 0.3 is 0 Å². The normalized spacial score (nSPS) is 18.8. The summed E-state index contributed by atoms with van der Waals surface area (Å²) < 4.78 is 0.783. The van der Waals surface area contributed by atoms with Crippen molar-refractivity contribution >= 4 is 50.5 Å². The standard InChI is InChI=1S/C28H17BrN2O3/c1-2-31-20-12-11-14(29)13-19(20)28(27(31)34)21-23(15-7-3-5-9-17(15)25(21)32)30-24-16-8-4-6-10-18(16)26(33)22(24)28/h3-13,30H,2H2,1H3. The third-order valence-corrected chi connectivity index (χ3v) is 7.87. The van der Waals surface area contributed by atoms with Crippen LogP contribution in [0.4, 0.5) is 5.69 Å². The van der Waals surface area contributed by atoms with Gasteiger partial charge in [-0.05, 0) is 25.1 Å². The predicted octanol–water partition coefficient (Wildman–Crippen LogP) is 4.87. The van der Waals surface area contributed by atoms with Crippen molar-refractivity contribution < 1.29 is 14.4 Å². The molecule has 0 radical (unpaired) electrons. The number of Topliss-reactive ketones (excluding diaryl/α,β-unsaturated/α-hetero) is 2. The van der Waals surface area contributed by atoms with E-state index in [-0.39, 0.29) is 17.5 Å². The quantitative estimate of drug-likeness (QED) is 0.509. The minimum Gasteiger partial charge on any atom is -0.354 e. The fourth-order valence-corrected chi connectivity index (χ4v) is 6.42. The molecule has 5 nitrogen and oxygen atoms in total. The molecular weight excluding hydrogens is 492 g/mol. The minimum absolute atomic E-state index is 0.217. The highest BCUT2D eigenvalue weighted by atomic mass is 79.9. The lowest BCUT2D eigenvalue weighted by Crippen LogP contribution is -2.48. The second kappa shape index (κ2) is 6.42. The van der Waals surface area contributed by atoms with Crippen molar-refractivity contribution in [2.45, 2.75) is 12.3 Å². The molecular formula is C28H17BrN2O3. The van der Waals surface area contributed by atoms with Crippen molar-refractivity contribution in [2.75, 3.05) is 11.4 Å². The molecule has 2 aliphatic heterocycles. The number of nitrogens with one attached hydrogen (secondary N) is 1. The first-order chi connectivity index (χ1) is 16.5. The molecule has 7 rings (SSSR count). The van der Waals surface area contributed by atoms with Gasteiger partial charge < -0.3 is 10.2 Å². The molecule has 0 saturated carbocycles. The molecule has 1 amide bonds. The molecule has 34 heavy (non-hydrogen) atoms. The molecule has 0 unspecified atom stereocenters. The third-order valence-electron chi connectivity index (χ3n) is 7.37. The zero-order valence-corrected chi connectivity index (χ0v) is 19.7. The van der Waals surface area contributed by atoms with Crippen molar-refractivity contribution in [1.82, 2.24) is 5.32 Å². The molecule has 1 N–H and O–H groups in total. The number of hydrogen-bond acceptors (Lipinski definition) is 4. The summed E-state index contributed by atoms with van der Waals surface area (Å²) in [4.78, 5) is 44.1. The number of hydrogen-bond donors (Lipinski definition) is 1. The number of ketones is 2. The van der Waals surface area contributed by atoms with Gasteiger partial charge in [0, 0.05) is 55.7 Å². The molecule has 164 valence electrons. The van der Waals surface area contributed by atoms with E-state index in [1.165, 1.54) is 0 Å². The molecule has 0 bridgehead atoms. The zero-order chi connectivity index (χ0) is 23.4. The van der Waals surface area contributed by atoms with Gasteiger partial charge in [-0.15, -0.1) is 0 Å². The number of anilines is 1. The third kappa shape index (κ3) is 2.04. The molecule has 3 aromatic rings. The van der Waals surface area contributed by atoms with Gasteiger partial charge in [0.1, 0.15) is 5.41 Å². The van der Waals surface area contributed by atoms with E-state index < -0.39 is 5.41 Å². The summed E-state index contributed by atoms with van der Waals surface area (Å²) >= 11 is 3.56. The van der Waals surface area contributed by atoms with Gasteiger partial charge in [0.2, 0.25) is 5.91 Å². The Bertz CT molecular complexity index is 1520. The molecule has 1 spiro atoms. The summed E-state index contributed by atoms with van der Waals surface area (Å²) in [5.41, 5.74) is 4.37. The number of likely N-dealkylation sites (N-methyl/N-ethyl adjacent to an activating group) is 1. The molecule has 6 heteroatoms. The number of carbonyl (C=O) groups is 3. The molecule has 2 heterocycles. The van der Waals surface area contributed by atoms with Crippen LogP contribution in [-0.2, 0) is 10.2 Å². The van der Waals surface area contributed by atoms with Crippen LogP contribution in [0.1, 0.15) is 44.3 Å². The fourth-order valence-electron chi connectivity index (χ4n) is 6.06. The van der Waals surface area contributed by atoms with Crippen LogP contribution in [0.5, 0.6) is 0 Å². The Morgan fingerprint density at radius 2 is 1.32 bits per heavy atom. The number of benzene rings is 3. The lowest BCUT2D eigenvalue weighted by atomic mass is 9.65. The van der Waals surface area contributed by atoms with E-state index in [4.69, 9.17) is 0 Å². The summed E-state index contributed by atoms with van der Waals surface area (Å²) in [6.07, 6.45) is 0. The number of amides is 1. The maximum absolute atomic E-state index is 14.5. The van der Waals surface area contributed by atoms with Crippen LogP contribution in [0, 0.1) is 0 Å². The van der Waals surface area contributed by atoms with Crippen LogP contribution in [-0.4, -0.2) is 24.0 Å². The average molecular weight is 509 g/mol. The van der Waals surface area contributed by atoms with Crippen molar-refractivity contribution in [1.29, 1.82) is 0 Å². The summed E-state index contributed by atoms with van der Waals surface area (Å²) in [5, 5.41) is 3.44. The first kappa shape index (κ1) is 19.7. The smallest absolute Gasteiger partial charge is 0.247 e. The van der Waals surface area contributed by atoms with Gasteiger partial charge in [0.05, 0.1) is 11.4 Å². The Morgan fingerprint density at radius 1 is 0.794 bits per heavy atom. The summed E-state index contributed by atoms with van der Waals surface area (Å²) in [6.45, 7) is 2.33. The molecule has 3 aromatic carbocycles. The van der Waals surface area contributed by atoms with Crippen LogP contribution in [0.3, 0.4) is 0 Å². The Kier molecular flexibility index (Phi) is 3.72. The second-order valence-corrected chi connectivity index (χ2v) is 9.75. The van der Waals surface area contributed by atoms with Gasteiger partial charge in [-0.1, -0.05) is 64.5 Å². The molecule has 0 aromatic heterocycles. The lowest BCUT2D eigenvalue weighted by Gasteiger charge is -2.36. The number of halogens is 1. The van der Waals surface area contributed by atoms with Crippen molar-refractivity contribution in [3.63, 3.8) is 0 Å². The molecule has 0 saturated heterocycles. The maximum atomic E-state index is 14.5. The highest BCUT2D eigenvalue weighted by molar-refractivity contribution is 9.10. The van der Waals surface area contributed by atoms with E-state index in [0.29, 0.717) is 45.8 Å². The summed E-state index contributed by atoms with van der Waals surface area (Å²) in [5.74, 6) is -0.691. The van der Waals surface area contributed by atoms with Gasteiger partial charge in [0.15, 0.2) is 11.6 Å². The summed E-state index contributed by atoms with van der Waals surface area (Å²) in [6, 6.07) is 20.4. The van der Waals surface area contributed by atoms with Crippen molar-refractivity contribution in [3.8, 4) is 0 Å². The van der Waals surface area contributed by atoms with E-state index in [1.54, 1.807) is 17.0 Å². The van der Waals surface area contributed by atoms with Crippen molar-refractivity contribution in [2.24, 2.45) is 0 Å². The van der Waals surface area contributed by atoms with Crippen LogP contribution in [0.25, 0.3) is 11.4 Å². The molecule has 0 fully saturated rings. The first-order valence-electron chi connectivity index (χ1n) is 11.2. The SMILES string of the molecule is CCN1C(=O)C2(C3=C(NC4=C2C(=O)c2ccccc24)c2ccccc2C3=O)c2cc(Br)ccc21. The van der Waals surface area contributed by atoms with Crippen molar-refractivity contribution in [3.05, 3.63) is 110 Å². The Hall–Kier alpha value is -3.77. The first-order valence-corrected chi connectivity index (χ1v) is 12.0. The van der Waals surface area contributed by atoms with E-state index in [1.807, 2.05) is 61.5 Å². The van der Waals surface area contributed by atoms with E-state index in [0.717, 1.165) is 21.3 Å². The van der Waals surface area contributed by atoms with E-state index in [2.05, 4.69) is 21.2 Å². The Balaban J connectivity index is 1.65. The second-order valence-electron chi connectivity index (χ2n) is 8.84. The van der Waals surface area contributed by atoms with Gasteiger partial charge in [-0.25, -0.2) is 0 Å². The van der Waals surface area contributed by atoms with Gasteiger partial charge in [-0.3, -0.25) is 14.4 Å². The fraction of sp³-hybridized carbons (Fsp3) is 0.107. The molecule has 0 atom stereocenters. The predicted molar refractivity (Wildman–Crippen MR) is 132 cm³/mol. The Morgan fingerprint density at radius 3 is 1.85 bits per heavy atom. The van der Waals surface area contributed by atoms with Crippen LogP contribution < -0.4 is 10.2 Å². The van der Waals surface area contributed by atoms with Gasteiger partial charge in [0.25, 0.3) is 0 Å². The highest BCUT2D eigenvalue weighted by Crippen LogP contribution is 2.60. The number of rotatable bonds is 1. The monoisotopic (exact) mass is 508 g/mol. The Labute approximate surface area is 203 Å². The number of carbonyl (C=O) groups excluding carboxylic acids is 3. The van der Waals surface area contributed by atoms with E-state index >= 15 is 0 Å². The molecule has 4 aliphatic rings. The van der Waals surface area contributed by atoms with Crippen LogP contribution >= 0.6 is 15.9 Å². The van der Waals surface area contributed by atoms with Crippen LogP contribution in [0.15, 0.2) is 82.3 Å². The lowest BCUT2D eigenvalue weighted by molar-refractivity contribution is -0.120. The summed E-state index contributed by atoms with van der Waals surface area (Å²) in [7, 11) is 0.